The van der Waals surface area contributed by atoms with E-state index in [1.165, 1.54) is 0 Å². The van der Waals surface area contributed by atoms with E-state index in [-0.39, 0.29) is 0 Å². The average molecular weight is 252 g/mol. The quantitative estimate of drug-likeness (QED) is 0.637. The van der Waals surface area contributed by atoms with Gasteiger partial charge in [-0.05, 0) is 25.1 Å². The zero-order valence-electron chi connectivity index (χ0n) is 10.3. The predicted octanol–water partition coefficient (Wildman–Crippen LogP) is 1.56. The number of rotatable bonds is 1. The Bertz CT molecular complexity index is 768. The topological polar surface area (TPSA) is 104 Å². The predicted molar refractivity (Wildman–Crippen MR) is 74.1 cm³/mol. The molecule has 0 unspecified atom stereocenters. The molecule has 0 aliphatic rings. The van der Waals surface area contributed by atoms with E-state index in [2.05, 4.69) is 19.9 Å². The van der Waals surface area contributed by atoms with Crippen LogP contribution in [0.4, 0.5) is 11.4 Å². The maximum atomic E-state index is 5.93. The summed E-state index contributed by atoms with van der Waals surface area (Å²) in [6.45, 7) is 1.87. The van der Waals surface area contributed by atoms with E-state index in [4.69, 9.17) is 11.5 Å². The first-order valence-corrected chi connectivity index (χ1v) is 5.75. The van der Waals surface area contributed by atoms with Gasteiger partial charge in [0.2, 0.25) is 0 Å². The number of aromatic nitrogens is 4. The highest BCUT2D eigenvalue weighted by Gasteiger charge is 2.08. The fourth-order valence-electron chi connectivity index (χ4n) is 1.81. The van der Waals surface area contributed by atoms with Crippen molar-refractivity contribution in [2.24, 2.45) is 0 Å². The fraction of sp³-hybridized carbons (Fsp3) is 0.0769. The van der Waals surface area contributed by atoms with Gasteiger partial charge in [-0.3, -0.25) is 0 Å². The number of nitrogens with zero attached hydrogens (tertiary/aromatic N) is 4. The Kier molecular flexibility index (Phi) is 2.49. The monoisotopic (exact) mass is 252 g/mol. The van der Waals surface area contributed by atoms with E-state index in [1.54, 1.807) is 30.6 Å². The van der Waals surface area contributed by atoms with Crippen molar-refractivity contribution in [2.45, 2.75) is 6.92 Å². The van der Waals surface area contributed by atoms with Crippen LogP contribution in [-0.2, 0) is 0 Å². The molecular weight excluding hydrogens is 240 g/mol. The van der Waals surface area contributed by atoms with Crippen LogP contribution in [0.2, 0.25) is 0 Å². The third-order valence-corrected chi connectivity index (χ3v) is 2.74. The lowest BCUT2D eigenvalue weighted by atomic mass is 10.1. The van der Waals surface area contributed by atoms with Gasteiger partial charge in [0.1, 0.15) is 5.52 Å². The number of nitrogen functional groups attached to an aromatic ring is 2. The molecule has 0 fully saturated rings. The van der Waals surface area contributed by atoms with Crippen molar-refractivity contribution in [3.05, 3.63) is 36.3 Å². The summed E-state index contributed by atoms with van der Waals surface area (Å²) >= 11 is 0. The Balaban J connectivity index is 2.19. The van der Waals surface area contributed by atoms with Crippen LogP contribution in [0.5, 0.6) is 0 Å². The number of benzene rings is 1. The Morgan fingerprint density at radius 1 is 1.00 bits per heavy atom. The van der Waals surface area contributed by atoms with Crippen LogP contribution in [0.3, 0.4) is 0 Å². The summed E-state index contributed by atoms with van der Waals surface area (Å²) in [6, 6.07) is 5.25. The number of fused-ring (bicyclic) bond motifs is 1. The molecular formula is C13H12N6. The molecule has 1 aromatic carbocycles. The minimum absolute atomic E-state index is 0.518. The van der Waals surface area contributed by atoms with Gasteiger partial charge in [0.05, 0.1) is 11.9 Å². The molecule has 0 spiro atoms. The highest BCUT2D eigenvalue weighted by Crippen LogP contribution is 2.25. The molecule has 3 aromatic rings. The number of anilines is 2. The number of hydrogen-bond donors (Lipinski definition) is 2. The van der Waals surface area contributed by atoms with E-state index >= 15 is 0 Å². The van der Waals surface area contributed by atoms with Gasteiger partial charge >= 0.3 is 0 Å². The van der Waals surface area contributed by atoms with Crippen molar-refractivity contribution in [1.82, 2.24) is 19.9 Å². The molecule has 0 aliphatic heterocycles. The lowest BCUT2D eigenvalue weighted by Crippen LogP contribution is -1.98. The third-order valence-electron chi connectivity index (χ3n) is 2.74. The van der Waals surface area contributed by atoms with Crippen LogP contribution in [0.15, 0.2) is 30.6 Å². The Hall–Kier alpha value is -2.76. The molecule has 0 atom stereocenters. The van der Waals surface area contributed by atoms with Gasteiger partial charge in [-0.2, -0.15) is 0 Å². The summed E-state index contributed by atoms with van der Waals surface area (Å²) in [6.07, 6.45) is 3.32. The first-order chi connectivity index (χ1) is 9.13. The average Bonchev–Trinajstić information content (AvgIpc) is 2.38. The van der Waals surface area contributed by atoms with Gasteiger partial charge in [-0.1, -0.05) is 0 Å². The zero-order valence-corrected chi connectivity index (χ0v) is 10.3. The fourth-order valence-corrected chi connectivity index (χ4v) is 1.81. The molecule has 6 heteroatoms. The summed E-state index contributed by atoms with van der Waals surface area (Å²) in [5.41, 5.74) is 15.5. The summed E-state index contributed by atoms with van der Waals surface area (Å²) in [5.74, 6) is 0.518. The van der Waals surface area contributed by atoms with Crippen LogP contribution < -0.4 is 11.5 Å². The lowest BCUT2D eigenvalue weighted by molar-refractivity contribution is 1.11. The molecule has 4 N–H and O–H groups in total. The van der Waals surface area contributed by atoms with Crippen molar-refractivity contribution in [3.8, 4) is 11.4 Å². The van der Waals surface area contributed by atoms with E-state index in [1.807, 2.05) is 6.92 Å². The van der Waals surface area contributed by atoms with Gasteiger partial charge in [0.15, 0.2) is 11.5 Å². The van der Waals surface area contributed by atoms with Crippen molar-refractivity contribution in [3.63, 3.8) is 0 Å². The standard InChI is InChI=1S/C13H12N6/c1-7-5-16-11-6-17-12(19-13(11)18-7)9-3-2-8(14)4-10(9)15/h2-6H,14-15H2,1H3. The lowest BCUT2D eigenvalue weighted by Gasteiger charge is -2.06. The molecule has 94 valence electrons. The van der Waals surface area contributed by atoms with Crippen LogP contribution in [-0.4, -0.2) is 19.9 Å². The van der Waals surface area contributed by atoms with Crippen LogP contribution in [0, 0.1) is 6.92 Å². The van der Waals surface area contributed by atoms with Gasteiger partial charge in [0, 0.05) is 23.1 Å². The number of hydrogen-bond acceptors (Lipinski definition) is 6. The molecule has 0 radical (unpaired) electrons. The van der Waals surface area contributed by atoms with E-state index in [9.17, 15) is 0 Å². The molecule has 2 heterocycles. The Labute approximate surface area is 109 Å². The summed E-state index contributed by atoms with van der Waals surface area (Å²) in [7, 11) is 0. The SMILES string of the molecule is Cc1cnc2cnc(-c3ccc(N)cc3N)nc2n1. The first kappa shape index (κ1) is 11.3. The van der Waals surface area contributed by atoms with Crippen LogP contribution in [0.25, 0.3) is 22.6 Å². The molecule has 19 heavy (non-hydrogen) atoms. The number of aryl methyl sites for hydroxylation is 1. The van der Waals surface area contributed by atoms with Crippen LogP contribution >= 0.6 is 0 Å². The minimum atomic E-state index is 0.518. The van der Waals surface area contributed by atoms with E-state index in [0.717, 1.165) is 11.3 Å². The van der Waals surface area contributed by atoms with Crippen molar-refractivity contribution >= 4 is 22.5 Å². The molecule has 0 aliphatic carbocycles. The third kappa shape index (κ3) is 2.03. The Morgan fingerprint density at radius 3 is 2.63 bits per heavy atom. The van der Waals surface area contributed by atoms with Crippen molar-refractivity contribution < 1.29 is 0 Å². The van der Waals surface area contributed by atoms with Gasteiger partial charge in [-0.25, -0.2) is 19.9 Å². The molecule has 2 aromatic heterocycles. The molecule has 6 nitrogen and oxygen atoms in total. The van der Waals surface area contributed by atoms with Gasteiger partial charge in [-0.15, -0.1) is 0 Å². The molecule has 0 saturated carbocycles. The highest BCUT2D eigenvalue weighted by molar-refractivity contribution is 5.78. The maximum Gasteiger partial charge on any atom is 0.182 e. The van der Waals surface area contributed by atoms with E-state index in [0.29, 0.717) is 28.4 Å². The second kappa shape index (κ2) is 4.16. The molecule has 0 amide bonds. The Morgan fingerprint density at radius 2 is 1.84 bits per heavy atom. The van der Waals surface area contributed by atoms with Gasteiger partial charge in [0.25, 0.3) is 0 Å². The molecule has 3 rings (SSSR count). The largest absolute Gasteiger partial charge is 0.399 e. The number of nitrogens with two attached hydrogens (primary N) is 2. The molecule has 0 saturated heterocycles. The second-order valence-corrected chi connectivity index (χ2v) is 4.26. The van der Waals surface area contributed by atoms with Gasteiger partial charge < -0.3 is 11.5 Å². The summed E-state index contributed by atoms with van der Waals surface area (Å²) < 4.78 is 0. The summed E-state index contributed by atoms with van der Waals surface area (Å²) in [5, 5.41) is 0. The normalized spacial score (nSPS) is 10.8. The zero-order chi connectivity index (χ0) is 13.4. The first-order valence-electron chi connectivity index (χ1n) is 5.75. The highest BCUT2D eigenvalue weighted by atomic mass is 15.0. The smallest absolute Gasteiger partial charge is 0.182 e. The molecule has 0 bridgehead atoms. The van der Waals surface area contributed by atoms with Crippen molar-refractivity contribution in [2.75, 3.05) is 11.5 Å². The minimum Gasteiger partial charge on any atom is -0.399 e. The second-order valence-electron chi connectivity index (χ2n) is 4.26. The van der Waals surface area contributed by atoms with Crippen LogP contribution in [0.1, 0.15) is 5.69 Å². The van der Waals surface area contributed by atoms with E-state index < -0.39 is 0 Å². The summed E-state index contributed by atoms with van der Waals surface area (Å²) in [4.78, 5) is 17.2. The van der Waals surface area contributed by atoms with Crippen molar-refractivity contribution in [1.29, 1.82) is 0 Å². The maximum absolute atomic E-state index is 5.93.